The van der Waals surface area contributed by atoms with Crippen LogP contribution in [0.3, 0.4) is 0 Å². The van der Waals surface area contributed by atoms with Crippen molar-refractivity contribution in [1.82, 2.24) is 15.0 Å². The second-order valence-corrected chi connectivity index (χ2v) is 3.35. The predicted octanol–water partition coefficient (Wildman–Crippen LogP) is 0.749. The molecule has 0 aliphatic rings. The third kappa shape index (κ3) is 3.85. The van der Waals surface area contributed by atoms with Crippen LogP contribution in [0.25, 0.3) is 0 Å². The van der Waals surface area contributed by atoms with Gasteiger partial charge >= 0.3 is 0 Å². The maximum absolute atomic E-state index is 8.86. The molecule has 7 heteroatoms. The molecule has 3 N–H and O–H groups in total. The molecule has 0 aromatic carbocycles. The van der Waals surface area contributed by atoms with Gasteiger partial charge in [-0.05, 0) is 25.4 Å². The highest BCUT2D eigenvalue weighted by Crippen LogP contribution is 2.09. The lowest BCUT2D eigenvalue weighted by atomic mass is 10.4. The van der Waals surface area contributed by atoms with Crippen LogP contribution in [-0.4, -0.2) is 39.3 Å². The van der Waals surface area contributed by atoms with Gasteiger partial charge in [0.2, 0.25) is 17.2 Å². The minimum Gasteiger partial charge on any atom is -0.394 e. The van der Waals surface area contributed by atoms with Gasteiger partial charge in [0.05, 0.1) is 6.61 Å². The second kappa shape index (κ2) is 5.67. The summed E-state index contributed by atoms with van der Waals surface area (Å²) >= 11 is 5.71. The van der Waals surface area contributed by atoms with E-state index in [-0.39, 0.29) is 17.9 Å². The van der Waals surface area contributed by atoms with Crippen LogP contribution in [-0.2, 0) is 0 Å². The third-order valence-electron chi connectivity index (χ3n) is 1.59. The predicted molar refractivity (Wildman–Crippen MR) is 59.2 cm³/mol. The van der Waals surface area contributed by atoms with Crippen LogP contribution >= 0.6 is 11.6 Å². The van der Waals surface area contributed by atoms with Gasteiger partial charge in [0.25, 0.3) is 0 Å². The number of rotatable bonds is 5. The van der Waals surface area contributed by atoms with E-state index < -0.39 is 0 Å². The summed E-state index contributed by atoms with van der Waals surface area (Å²) in [6, 6.07) is -0.127. The van der Waals surface area contributed by atoms with E-state index in [4.69, 9.17) is 16.7 Å². The Morgan fingerprint density at radius 1 is 1.33 bits per heavy atom. The van der Waals surface area contributed by atoms with E-state index in [2.05, 4.69) is 25.6 Å². The molecule has 6 nitrogen and oxygen atoms in total. The number of nitrogens with one attached hydrogen (secondary N) is 2. The number of nitrogens with zero attached hydrogens (tertiary/aromatic N) is 3. The van der Waals surface area contributed by atoms with Crippen molar-refractivity contribution in [3.63, 3.8) is 0 Å². The molecule has 0 saturated heterocycles. The topological polar surface area (TPSA) is 83.0 Å². The maximum atomic E-state index is 8.86. The molecule has 1 aromatic rings. The van der Waals surface area contributed by atoms with Crippen LogP contribution in [0.1, 0.15) is 13.8 Å². The Morgan fingerprint density at radius 2 is 2.00 bits per heavy atom. The Kier molecular flexibility index (Phi) is 4.51. The molecule has 1 atom stereocenters. The lowest BCUT2D eigenvalue weighted by molar-refractivity contribution is 0.281. The van der Waals surface area contributed by atoms with Gasteiger partial charge in [-0.1, -0.05) is 0 Å². The molecular formula is C8H14ClN5O. The first kappa shape index (κ1) is 11.9. The smallest absolute Gasteiger partial charge is 0.229 e. The number of hydrogen-bond donors (Lipinski definition) is 3. The normalized spacial score (nSPS) is 12.3. The Hall–Kier alpha value is -1.14. The first-order chi connectivity index (χ1) is 7.15. The van der Waals surface area contributed by atoms with Crippen molar-refractivity contribution >= 4 is 23.5 Å². The Morgan fingerprint density at radius 3 is 2.60 bits per heavy atom. The molecule has 0 fully saturated rings. The summed E-state index contributed by atoms with van der Waals surface area (Å²) in [5.74, 6) is 0.776. The molecule has 0 saturated carbocycles. The highest BCUT2D eigenvalue weighted by molar-refractivity contribution is 6.28. The first-order valence-electron chi connectivity index (χ1n) is 4.68. The molecule has 1 rings (SSSR count). The Bertz CT molecular complexity index is 322. The van der Waals surface area contributed by atoms with Crippen LogP contribution < -0.4 is 10.6 Å². The summed E-state index contributed by atoms with van der Waals surface area (Å²) in [4.78, 5) is 11.8. The standard InChI is InChI=1S/C8H14ClN5O/c1-3-10-7-12-6(9)13-8(14-7)11-5(2)4-15/h5,15H,3-4H2,1-2H3,(H2,10,11,12,13,14). The molecule has 1 heterocycles. The average Bonchev–Trinajstić information content (AvgIpc) is 2.17. The minimum atomic E-state index is -0.127. The van der Waals surface area contributed by atoms with E-state index >= 15 is 0 Å². The molecule has 15 heavy (non-hydrogen) atoms. The van der Waals surface area contributed by atoms with Crippen LogP contribution in [0.15, 0.2) is 0 Å². The lowest BCUT2D eigenvalue weighted by Crippen LogP contribution is -2.21. The van der Waals surface area contributed by atoms with Crippen molar-refractivity contribution in [2.24, 2.45) is 0 Å². The monoisotopic (exact) mass is 231 g/mol. The summed E-state index contributed by atoms with van der Waals surface area (Å²) in [5.41, 5.74) is 0. The fourth-order valence-corrected chi connectivity index (χ4v) is 1.08. The largest absolute Gasteiger partial charge is 0.394 e. The summed E-state index contributed by atoms with van der Waals surface area (Å²) in [6.45, 7) is 4.45. The van der Waals surface area contributed by atoms with E-state index in [1.807, 2.05) is 13.8 Å². The van der Waals surface area contributed by atoms with Crippen LogP contribution in [0, 0.1) is 0 Å². The molecule has 0 spiro atoms. The van der Waals surface area contributed by atoms with Crippen LogP contribution in [0.5, 0.6) is 0 Å². The van der Waals surface area contributed by atoms with Crippen molar-refractivity contribution in [2.45, 2.75) is 19.9 Å². The number of hydrogen-bond acceptors (Lipinski definition) is 6. The molecule has 84 valence electrons. The highest BCUT2D eigenvalue weighted by Gasteiger charge is 2.06. The lowest BCUT2D eigenvalue weighted by Gasteiger charge is -2.11. The zero-order valence-electron chi connectivity index (χ0n) is 8.66. The van der Waals surface area contributed by atoms with E-state index in [9.17, 15) is 0 Å². The number of anilines is 2. The molecule has 0 radical (unpaired) electrons. The highest BCUT2D eigenvalue weighted by atomic mass is 35.5. The Labute approximate surface area is 93.1 Å². The Balaban J connectivity index is 2.78. The van der Waals surface area contributed by atoms with E-state index in [1.54, 1.807) is 0 Å². The summed E-state index contributed by atoms with van der Waals surface area (Å²) in [5, 5.41) is 14.8. The van der Waals surface area contributed by atoms with Crippen molar-refractivity contribution in [3.8, 4) is 0 Å². The van der Waals surface area contributed by atoms with Gasteiger partial charge in [-0.3, -0.25) is 0 Å². The summed E-state index contributed by atoms with van der Waals surface area (Å²) < 4.78 is 0. The zero-order valence-corrected chi connectivity index (χ0v) is 9.41. The van der Waals surface area contributed by atoms with E-state index in [0.29, 0.717) is 18.4 Å². The summed E-state index contributed by atoms with van der Waals surface area (Å²) in [7, 11) is 0. The van der Waals surface area contributed by atoms with Crippen molar-refractivity contribution in [1.29, 1.82) is 0 Å². The number of aromatic nitrogens is 3. The molecule has 1 aromatic heterocycles. The molecule has 0 aliphatic carbocycles. The van der Waals surface area contributed by atoms with E-state index in [1.165, 1.54) is 0 Å². The fourth-order valence-electron chi connectivity index (χ4n) is 0.918. The molecular weight excluding hydrogens is 218 g/mol. The molecule has 0 bridgehead atoms. The van der Waals surface area contributed by atoms with Gasteiger partial charge in [-0.25, -0.2) is 0 Å². The average molecular weight is 232 g/mol. The zero-order chi connectivity index (χ0) is 11.3. The van der Waals surface area contributed by atoms with Gasteiger partial charge < -0.3 is 15.7 Å². The molecule has 1 unspecified atom stereocenters. The van der Waals surface area contributed by atoms with Crippen molar-refractivity contribution in [3.05, 3.63) is 5.28 Å². The molecule has 0 amide bonds. The number of aliphatic hydroxyl groups excluding tert-OH is 1. The summed E-state index contributed by atoms with van der Waals surface area (Å²) in [6.07, 6.45) is 0. The van der Waals surface area contributed by atoms with Crippen molar-refractivity contribution in [2.75, 3.05) is 23.8 Å². The third-order valence-corrected chi connectivity index (χ3v) is 1.76. The second-order valence-electron chi connectivity index (χ2n) is 3.01. The minimum absolute atomic E-state index is 0.000157. The van der Waals surface area contributed by atoms with Gasteiger partial charge in [-0.15, -0.1) is 0 Å². The van der Waals surface area contributed by atoms with Crippen molar-refractivity contribution < 1.29 is 5.11 Å². The number of halogens is 1. The maximum Gasteiger partial charge on any atom is 0.229 e. The fraction of sp³-hybridized carbons (Fsp3) is 0.625. The van der Waals surface area contributed by atoms with Crippen LogP contribution in [0.2, 0.25) is 5.28 Å². The first-order valence-corrected chi connectivity index (χ1v) is 5.06. The van der Waals surface area contributed by atoms with Crippen LogP contribution in [0.4, 0.5) is 11.9 Å². The van der Waals surface area contributed by atoms with Gasteiger partial charge in [0, 0.05) is 12.6 Å². The van der Waals surface area contributed by atoms with Gasteiger partial charge in [0.1, 0.15) is 0 Å². The van der Waals surface area contributed by atoms with Gasteiger partial charge in [-0.2, -0.15) is 15.0 Å². The molecule has 0 aliphatic heterocycles. The number of aliphatic hydroxyl groups is 1. The quantitative estimate of drug-likeness (QED) is 0.694. The van der Waals surface area contributed by atoms with Gasteiger partial charge in [0.15, 0.2) is 0 Å². The SMILES string of the molecule is CCNc1nc(Cl)nc(NC(C)CO)n1. The van der Waals surface area contributed by atoms with E-state index in [0.717, 1.165) is 0 Å².